The number of aromatic nitrogens is 4. The molecule has 8 bridgehead atoms. The molecule has 3 aromatic rings. The van der Waals surface area contributed by atoms with Gasteiger partial charge in [-0.15, -0.1) is 0 Å². The monoisotopic (exact) mass is 913 g/mol. The van der Waals surface area contributed by atoms with Gasteiger partial charge in [0.05, 0.1) is 23.8 Å². The maximum Gasteiger partial charge on any atom is 2.00 e. The molecule has 7 atom stereocenters. The molecule has 10 nitrogen and oxygen atoms in total. The number of aryl methyl sites for hydroxylation is 2. The molecule has 3 aliphatic rings. The van der Waals surface area contributed by atoms with Gasteiger partial charge in [0.1, 0.15) is 12.5 Å². The van der Waals surface area contributed by atoms with Crippen molar-refractivity contribution in [1.82, 2.24) is 19.9 Å². The normalized spacial score (nSPS) is 20.0. The number of H-pyrrole nitrogens is 2. The molecule has 6 rings (SSSR count). The molecule has 0 saturated heterocycles. The van der Waals surface area contributed by atoms with Gasteiger partial charge in [0.25, 0.3) is 0 Å². The largest absolute Gasteiger partial charge is 2.00 e. The third-order valence-corrected chi connectivity index (χ3v) is 14.9. The summed E-state index contributed by atoms with van der Waals surface area (Å²) in [5, 5.41) is 0. The van der Waals surface area contributed by atoms with Crippen molar-refractivity contribution in [2.24, 2.45) is 17.8 Å². The van der Waals surface area contributed by atoms with Crippen LogP contribution in [0.3, 0.4) is 0 Å². The van der Waals surface area contributed by atoms with Crippen LogP contribution in [0.4, 0.5) is 0 Å². The number of fused-ring (bicyclic) bond motifs is 8. The number of nitrogens with one attached hydrogen (secondary N) is 2. The van der Waals surface area contributed by atoms with E-state index in [0.29, 0.717) is 45.8 Å². The van der Waals surface area contributed by atoms with Crippen LogP contribution in [0, 0.1) is 31.6 Å². The summed E-state index contributed by atoms with van der Waals surface area (Å²) in [7, 11) is 1.30. The molecule has 66 heavy (non-hydrogen) atoms. The van der Waals surface area contributed by atoms with E-state index in [2.05, 4.69) is 65.4 Å². The Morgan fingerprint density at radius 2 is 1.36 bits per heavy atom. The van der Waals surface area contributed by atoms with Crippen molar-refractivity contribution in [3.63, 3.8) is 0 Å². The number of aromatic amines is 2. The summed E-state index contributed by atoms with van der Waals surface area (Å²) in [6.45, 7) is 23.5. The molecule has 7 unspecified atom stereocenters. The Hall–Kier alpha value is -4.09. The maximum atomic E-state index is 14.4. The van der Waals surface area contributed by atoms with E-state index in [1.54, 1.807) is 6.92 Å². The van der Waals surface area contributed by atoms with Gasteiger partial charge >= 0.3 is 35.0 Å². The molecule has 11 heteroatoms. The van der Waals surface area contributed by atoms with Gasteiger partial charge in [0.2, 0.25) is 0 Å². The van der Waals surface area contributed by atoms with Crippen LogP contribution in [0.1, 0.15) is 229 Å². The average Bonchev–Trinajstić information content (AvgIpc) is 4.00. The van der Waals surface area contributed by atoms with E-state index >= 15 is 0 Å². The maximum absolute atomic E-state index is 14.4. The Balaban J connectivity index is 0.00000817. The van der Waals surface area contributed by atoms with Gasteiger partial charge < -0.3 is 19.4 Å². The molecule has 0 radical (unpaired) electrons. The minimum Gasteiger partial charge on any atom is -0.468 e. The van der Waals surface area contributed by atoms with Crippen LogP contribution in [0.5, 0.6) is 0 Å². The number of hydrogen-bond donors (Lipinski definition) is 2. The van der Waals surface area contributed by atoms with Crippen molar-refractivity contribution in [2.75, 3.05) is 13.7 Å². The quantitative estimate of drug-likeness (QED) is 0.0375. The van der Waals surface area contributed by atoms with E-state index in [9.17, 15) is 19.2 Å². The second-order valence-corrected chi connectivity index (χ2v) is 20.3. The molecule has 0 saturated carbocycles. The summed E-state index contributed by atoms with van der Waals surface area (Å²) in [5.74, 6) is -0.573. The van der Waals surface area contributed by atoms with Gasteiger partial charge in [-0.25, -0.2) is 0 Å². The molecule has 5 heterocycles. The molecule has 0 amide bonds. The number of hydrogen-bond acceptors (Lipinski definition) is 8. The smallest absolute Gasteiger partial charge is 0.468 e. The number of nitrogens with zero attached hydrogens (tertiary/aromatic N) is 2. The molecule has 3 aromatic heterocycles. The number of methoxy groups -OCH3 is 1. The summed E-state index contributed by atoms with van der Waals surface area (Å²) in [6.07, 6.45) is 14.6. The average molecular weight is 914 g/mol. The van der Waals surface area contributed by atoms with E-state index in [1.807, 2.05) is 38.1 Å². The van der Waals surface area contributed by atoms with E-state index in [0.717, 1.165) is 70.3 Å². The Morgan fingerprint density at radius 3 is 2.00 bits per heavy atom. The number of carbonyl (C=O) groups excluding carboxylic acids is 4. The van der Waals surface area contributed by atoms with E-state index in [4.69, 9.17) is 19.4 Å². The van der Waals surface area contributed by atoms with E-state index in [-0.39, 0.29) is 77.3 Å². The van der Waals surface area contributed by atoms with Crippen molar-refractivity contribution < 1.29 is 28.7 Å². The van der Waals surface area contributed by atoms with Crippen molar-refractivity contribution in [2.45, 2.75) is 183 Å². The SMILES string of the molecule is CCC1c2cc3[nH]c4c(c3C)C(=O)C(C(=O)OC)c4c3nc(cc4[nH]c(cc(n2)C1C)c(C(C)=O)c4C)C(C)C3CCC(=O)OCC=C(C)CCCC(C)CCCC(C)CCCC(C)C.[Mg+2]. The number of ketones is 2. The standard InChI is InChI=1S/C55H76N4O6.Mg/c1-13-39-34(7)41-29-46-48(38(11)60)36(9)43(57-46)27-42-35(8)40(52(58-42)50-51(55(63)64-12)54(62)49-37(10)44(59-53(49)50)28-45(39)56-41)23-24-47(61)65-26-25-33(6)22-16-21-32(5)20-15-19-31(4)18-14-17-30(2)3;/h25,27-32,34-35,39-40,51,57,59H,13-24,26H2,1-12H3;/q;+2. The zero-order chi connectivity index (χ0) is 47.3. The zero-order valence-corrected chi connectivity index (χ0v) is 43.6. The van der Waals surface area contributed by atoms with Crippen molar-refractivity contribution in [1.29, 1.82) is 0 Å². The number of Topliss-reactive ketones (excluding diaryl/α,β-unsaturated/α-hetero) is 2. The Bertz CT molecular complexity index is 2460. The number of esters is 2. The van der Waals surface area contributed by atoms with Crippen molar-refractivity contribution in [3.05, 3.63) is 80.4 Å². The third kappa shape index (κ3) is 11.8. The fourth-order valence-corrected chi connectivity index (χ4v) is 10.8. The van der Waals surface area contributed by atoms with E-state index in [1.165, 1.54) is 57.6 Å². The number of allylic oxidation sites excluding steroid dienone is 1. The molecule has 2 aliphatic heterocycles. The minimum absolute atomic E-state index is 0. The van der Waals surface area contributed by atoms with E-state index < -0.39 is 11.9 Å². The Labute approximate surface area is 409 Å². The topological polar surface area (TPSA) is 144 Å². The van der Waals surface area contributed by atoms with Gasteiger partial charge in [-0.05, 0) is 107 Å². The summed E-state index contributed by atoms with van der Waals surface area (Å²) < 4.78 is 11.1. The van der Waals surface area contributed by atoms with Crippen LogP contribution in [-0.2, 0) is 19.1 Å². The van der Waals surface area contributed by atoms with Gasteiger partial charge in [-0.1, -0.05) is 99.0 Å². The molecule has 2 N–H and O–H groups in total. The van der Waals surface area contributed by atoms with Crippen LogP contribution in [0.25, 0.3) is 22.1 Å². The van der Waals surface area contributed by atoms with Crippen LogP contribution >= 0.6 is 0 Å². The second-order valence-electron chi connectivity index (χ2n) is 20.3. The fraction of sp³-hybridized carbons (Fsp3) is 0.600. The second kappa shape index (κ2) is 23.3. The predicted molar refractivity (Wildman–Crippen MR) is 267 cm³/mol. The Kier molecular flexibility index (Phi) is 18.6. The number of carbonyl (C=O) groups is 4. The first-order chi connectivity index (χ1) is 30.9. The predicted octanol–water partition coefficient (Wildman–Crippen LogP) is 13.1. The molecule has 0 aromatic carbocycles. The summed E-state index contributed by atoms with van der Waals surface area (Å²) in [6, 6.07) is 5.99. The van der Waals surface area contributed by atoms with Crippen LogP contribution in [-0.4, -0.2) is 80.2 Å². The van der Waals surface area contributed by atoms with Gasteiger partial charge in [-0.3, -0.25) is 29.1 Å². The summed E-state index contributed by atoms with van der Waals surface area (Å²) in [4.78, 5) is 72.1. The van der Waals surface area contributed by atoms with Crippen molar-refractivity contribution in [3.8, 4) is 0 Å². The number of ether oxygens (including phenoxy) is 2. The van der Waals surface area contributed by atoms with Crippen LogP contribution in [0.2, 0.25) is 0 Å². The first-order valence-electron chi connectivity index (χ1n) is 24.7. The van der Waals surface area contributed by atoms with Crippen LogP contribution < -0.4 is 0 Å². The Morgan fingerprint density at radius 1 is 0.773 bits per heavy atom. The molecular weight excluding hydrogens is 837 g/mol. The third-order valence-electron chi connectivity index (χ3n) is 14.9. The summed E-state index contributed by atoms with van der Waals surface area (Å²) >= 11 is 0. The fourth-order valence-electron chi connectivity index (χ4n) is 10.8. The van der Waals surface area contributed by atoms with Crippen LogP contribution in [0.15, 0.2) is 29.8 Å². The molecular formula is C55H76MgN4O6+2. The van der Waals surface area contributed by atoms with Crippen molar-refractivity contribution >= 4 is 68.6 Å². The summed E-state index contributed by atoms with van der Waals surface area (Å²) in [5.41, 5.74) is 10.1. The first-order valence-corrected chi connectivity index (χ1v) is 24.7. The van der Waals surface area contributed by atoms with Gasteiger partial charge in [-0.2, -0.15) is 0 Å². The molecule has 1 aliphatic carbocycles. The molecule has 352 valence electrons. The van der Waals surface area contributed by atoms with Gasteiger partial charge in [0.15, 0.2) is 11.6 Å². The van der Waals surface area contributed by atoms with Gasteiger partial charge in [0, 0.05) is 74.9 Å². The first kappa shape index (κ1) is 52.9. The minimum atomic E-state index is -1.21. The number of rotatable bonds is 20. The zero-order valence-electron chi connectivity index (χ0n) is 42.2. The molecule has 0 fully saturated rings. The molecule has 0 spiro atoms.